The Morgan fingerprint density at radius 2 is 1.67 bits per heavy atom. The fourth-order valence-electron chi connectivity index (χ4n) is 3.10. The molecule has 3 aromatic carbocycles. The minimum atomic E-state index is -0.684. The number of nitro benzene ring substituents is 1. The van der Waals surface area contributed by atoms with E-state index in [-0.39, 0.29) is 23.7 Å². The highest BCUT2D eigenvalue weighted by molar-refractivity contribution is 5.66. The summed E-state index contributed by atoms with van der Waals surface area (Å²) in [6, 6.07) is 18.7. The van der Waals surface area contributed by atoms with Gasteiger partial charge in [-0.3, -0.25) is 10.1 Å². The summed E-state index contributed by atoms with van der Waals surface area (Å²) in [6.07, 6.45) is 1.80. The molecule has 1 aromatic heterocycles. The predicted molar refractivity (Wildman–Crippen MR) is 109 cm³/mol. The summed E-state index contributed by atoms with van der Waals surface area (Å²) < 4.78 is 28.5. The minimum absolute atomic E-state index is 0.193. The fraction of sp³-hybridized carbons (Fsp3) is 0.0455. The highest BCUT2D eigenvalue weighted by Crippen LogP contribution is 2.28. The van der Waals surface area contributed by atoms with Crippen molar-refractivity contribution < 1.29 is 13.7 Å². The van der Waals surface area contributed by atoms with E-state index in [2.05, 4.69) is 10.4 Å². The SMILES string of the molecule is O=[N+]([O-])c1cc(F)ccc1NCc1cn(-c2ccccc2)nc1-c1ccc(F)cc1. The Labute approximate surface area is 170 Å². The average Bonchev–Trinajstić information content (AvgIpc) is 3.18. The van der Waals surface area contributed by atoms with Crippen LogP contribution >= 0.6 is 0 Å². The van der Waals surface area contributed by atoms with Gasteiger partial charge < -0.3 is 5.32 Å². The molecule has 6 nitrogen and oxygen atoms in total. The molecule has 8 heteroatoms. The molecule has 0 aliphatic rings. The number of para-hydroxylation sites is 1. The van der Waals surface area contributed by atoms with E-state index in [1.807, 2.05) is 30.3 Å². The van der Waals surface area contributed by atoms with Crippen molar-refractivity contribution in [3.05, 3.63) is 106 Å². The Kier molecular flexibility index (Phi) is 5.21. The molecule has 0 fully saturated rings. The molecule has 0 amide bonds. The molecule has 0 spiro atoms. The predicted octanol–water partition coefficient (Wildman–Crippen LogP) is 5.34. The number of benzene rings is 3. The van der Waals surface area contributed by atoms with E-state index in [1.54, 1.807) is 23.0 Å². The lowest BCUT2D eigenvalue weighted by Crippen LogP contribution is -2.03. The largest absolute Gasteiger partial charge is 0.375 e. The fourth-order valence-corrected chi connectivity index (χ4v) is 3.10. The summed E-state index contributed by atoms with van der Waals surface area (Å²) in [7, 11) is 0. The molecule has 0 aliphatic heterocycles. The maximum atomic E-state index is 13.4. The summed E-state index contributed by atoms with van der Waals surface area (Å²) >= 11 is 0. The summed E-state index contributed by atoms with van der Waals surface area (Å²) in [6.45, 7) is 0.200. The molecular formula is C22H16F2N4O2. The molecule has 1 N–H and O–H groups in total. The Morgan fingerprint density at radius 3 is 2.37 bits per heavy atom. The summed E-state index contributed by atoms with van der Waals surface area (Å²) in [5, 5.41) is 18.9. The number of nitro groups is 1. The first-order valence-electron chi connectivity index (χ1n) is 9.09. The maximum absolute atomic E-state index is 13.4. The van der Waals surface area contributed by atoms with Gasteiger partial charge in [-0.15, -0.1) is 0 Å². The number of hydrogen-bond acceptors (Lipinski definition) is 4. The van der Waals surface area contributed by atoms with Gasteiger partial charge in [0, 0.05) is 23.9 Å². The summed E-state index contributed by atoms with van der Waals surface area (Å²) in [4.78, 5) is 10.6. The number of hydrogen-bond donors (Lipinski definition) is 1. The van der Waals surface area contributed by atoms with E-state index in [0.717, 1.165) is 23.4 Å². The zero-order chi connectivity index (χ0) is 21.1. The van der Waals surface area contributed by atoms with Gasteiger partial charge in [-0.1, -0.05) is 18.2 Å². The third-order valence-electron chi connectivity index (χ3n) is 4.55. The Balaban J connectivity index is 1.71. The molecule has 0 bridgehead atoms. The first kappa shape index (κ1) is 19.3. The minimum Gasteiger partial charge on any atom is -0.375 e. The maximum Gasteiger partial charge on any atom is 0.295 e. The van der Waals surface area contributed by atoms with Gasteiger partial charge in [0.15, 0.2) is 0 Å². The first-order valence-corrected chi connectivity index (χ1v) is 9.09. The molecule has 0 radical (unpaired) electrons. The van der Waals surface area contributed by atoms with Crippen LogP contribution < -0.4 is 5.32 Å². The van der Waals surface area contributed by atoms with Crippen molar-refractivity contribution >= 4 is 11.4 Å². The van der Waals surface area contributed by atoms with Gasteiger partial charge in [0.2, 0.25) is 0 Å². The van der Waals surface area contributed by atoms with Crippen molar-refractivity contribution in [3.63, 3.8) is 0 Å². The van der Waals surface area contributed by atoms with Gasteiger partial charge in [-0.25, -0.2) is 13.5 Å². The highest BCUT2D eigenvalue weighted by atomic mass is 19.1. The van der Waals surface area contributed by atoms with Crippen molar-refractivity contribution in [3.8, 4) is 16.9 Å². The topological polar surface area (TPSA) is 73.0 Å². The van der Waals surface area contributed by atoms with Crippen LogP contribution in [0.1, 0.15) is 5.56 Å². The second-order valence-electron chi connectivity index (χ2n) is 6.56. The van der Waals surface area contributed by atoms with Gasteiger partial charge in [-0.05, 0) is 48.5 Å². The van der Waals surface area contributed by atoms with Crippen LogP contribution in [0.5, 0.6) is 0 Å². The van der Waals surface area contributed by atoms with E-state index in [9.17, 15) is 18.9 Å². The van der Waals surface area contributed by atoms with Crippen LogP contribution in [0.2, 0.25) is 0 Å². The van der Waals surface area contributed by atoms with Crippen molar-refractivity contribution in [2.75, 3.05) is 5.32 Å². The van der Waals surface area contributed by atoms with Crippen molar-refractivity contribution in [2.24, 2.45) is 0 Å². The summed E-state index contributed by atoms with van der Waals surface area (Å²) in [5.74, 6) is -1.04. The van der Waals surface area contributed by atoms with Crippen LogP contribution in [0.15, 0.2) is 79.0 Å². The number of anilines is 1. The number of halogens is 2. The van der Waals surface area contributed by atoms with E-state index < -0.39 is 10.7 Å². The lowest BCUT2D eigenvalue weighted by molar-refractivity contribution is -0.384. The Hall–Kier alpha value is -4.07. The molecule has 0 atom stereocenters. The van der Waals surface area contributed by atoms with Crippen molar-refractivity contribution in [1.82, 2.24) is 9.78 Å². The monoisotopic (exact) mass is 406 g/mol. The average molecular weight is 406 g/mol. The Morgan fingerprint density at radius 1 is 0.967 bits per heavy atom. The molecule has 0 unspecified atom stereocenters. The van der Waals surface area contributed by atoms with Crippen LogP contribution in [0.25, 0.3) is 16.9 Å². The van der Waals surface area contributed by atoms with Crippen molar-refractivity contribution in [2.45, 2.75) is 6.54 Å². The number of aromatic nitrogens is 2. The zero-order valence-corrected chi connectivity index (χ0v) is 15.6. The van der Waals surface area contributed by atoms with Gasteiger partial charge in [0.05, 0.1) is 22.4 Å². The van der Waals surface area contributed by atoms with Crippen LogP contribution in [-0.4, -0.2) is 14.7 Å². The smallest absolute Gasteiger partial charge is 0.295 e. The number of nitrogens with zero attached hydrogens (tertiary/aromatic N) is 3. The van der Waals surface area contributed by atoms with Gasteiger partial charge in [-0.2, -0.15) is 5.10 Å². The third kappa shape index (κ3) is 4.02. The van der Waals surface area contributed by atoms with Crippen LogP contribution in [-0.2, 0) is 6.54 Å². The highest BCUT2D eigenvalue weighted by Gasteiger charge is 2.17. The standard InChI is InChI=1S/C22H16F2N4O2/c23-17-8-6-15(7-9-17)22-16(14-27(26-22)19-4-2-1-3-5-19)13-25-20-11-10-18(24)12-21(20)28(29)30/h1-12,14,25H,13H2. The number of nitrogens with one attached hydrogen (secondary N) is 1. The molecule has 0 saturated heterocycles. The van der Waals surface area contributed by atoms with Gasteiger partial charge >= 0.3 is 0 Å². The molecule has 0 aliphatic carbocycles. The molecule has 1 heterocycles. The quantitative estimate of drug-likeness (QED) is 0.347. The van der Waals surface area contributed by atoms with Gasteiger partial charge in [0.1, 0.15) is 17.3 Å². The normalized spacial score (nSPS) is 10.7. The van der Waals surface area contributed by atoms with Crippen LogP contribution in [0.4, 0.5) is 20.2 Å². The van der Waals surface area contributed by atoms with E-state index in [1.165, 1.54) is 18.2 Å². The molecule has 30 heavy (non-hydrogen) atoms. The number of rotatable bonds is 6. The molecular weight excluding hydrogens is 390 g/mol. The van der Waals surface area contributed by atoms with Crippen LogP contribution in [0.3, 0.4) is 0 Å². The van der Waals surface area contributed by atoms with Crippen molar-refractivity contribution in [1.29, 1.82) is 0 Å². The van der Waals surface area contributed by atoms with Crippen LogP contribution in [0, 0.1) is 21.7 Å². The molecule has 4 aromatic rings. The van der Waals surface area contributed by atoms with Gasteiger partial charge in [0.25, 0.3) is 5.69 Å². The second kappa shape index (κ2) is 8.12. The first-order chi connectivity index (χ1) is 14.5. The lowest BCUT2D eigenvalue weighted by atomic mass is 10.1. The second-order valence-corrected chi connectivity index (χ2v) is 6.56. The lowest BCUT2D eigenvalue weighted by Gasteiger charge is -2.07. The zero-order valence-electron chi connectivity index (χ0n) is 15.6. The summed E-state index contributed by atoms with van der Waals surface area (Å²) in [5.41, 5.74) is 2.73. The Bertz CT molecular complexity index is 1190. The molecule has 4 rings (SSSR count). The molecule has 150 valence electrons. The molecule has 0 saturated carbocycles. The van der Waals surface area contributed by atoms with E-state index in [4.69, 9.17) is 0 Å². The van der Waals surface area contributed by atoms with E-state index >= 15 is 0 Å². The third-order valence-corrected chi connectivity index (χ3v) is 4.55. The van der Waals surface area contributed by atoms with E-state index in [0.29, 0.717) is 11.3 Å².